The zero-order valence-corrected chi connectivity index (χ0v) is 24.0. The van der Waals surface area contributed by atoms with Gasteiger partial charge in [-0.05, 0) is 54.7 Å². The van der Waals surface area contributed by atoms with Gasteiger partial charge in [-0.25, -0.2) is 13.8 Å². The number of ketones is 1. The fourth-order valence-electron chi connectivity index (χ4n) is 4.08. The van der Waals surface area contributed by atoms with E-state index in [1.54, 1.807) is 24.4 Å². The van der Waals surface area contributed by atoms with Gasteiger partial charge in [0.25, 0.3) is 0 Å². The summed E-state index contributed by atoms with van der Waals surface area (Å²) in [5.74, 6) is -2.13. The van der Waals surface area contributed by atoms with Crippen LogP contribution < -0.4 is 4.72 Å². The van der Waals surface area contributed by atoms with Crippen LogP contribution in [0.1, 0.15) is 56.0 Å². The summed E-state index contributed by atoms with van der Waals surface area (Å²) in [7, 11) is 0. The van der Waals surface area contributed by atoms with Gasteiger partial charge >= 0.3 is 5.97 Å². The summed E-state index contributed by atoms with van der Waals surface area (Å²) in [4.78, 5) is 30.5. The maximum absolute atomic E-state index is 15.4. The van der Waals surface area contributed by atoms with E-state index in [1.807, 2.05) is 32.9 Å². The fourth-order valence-corrected chi connectivity index (χ4v) is 4.82. The molecule has 2 aromatic heterocycles. The lowest BCUT2D eigenvalue weighted by atomic mass is 10.00. The molecule has 0 aliphatic carbocycles. The minimum absolute atomic E-state index is 0.0194. The average Bonchev–Trinajstić information content (AvgIpc) is 3.30. The Bertz CT molecular complexity index is 1520. The Morgan fingerprint density at radius 2 is 1.88 bits per heavy atom. The minimum atomic E-state index is -0.976. The number of carbonyl (C=O) groups is 2. The molecule has 0 atom stereocenters. The van der Waals surface area contributed by atoms with Crippen LogP contribution in [0.4, 0.5) is 14.5 Å². The number of fused-ring (bicyclic) bond motifs is 1. The van der Waals surface area contributed by atoms with E-state index < -0.39 is 23.0 Å². The van der Waals surface area contributed by atoms with Crippen molar-refractivity contribution >= 4 is 52.0 Å². The van der Waals surface area contributed by atoms with Crippen LogP contribution in [-0.4, -0.2) is 27.1 Å². The molecule has 10 heteroatoms. The van der Waals surface area contributed by atoms with Crippen molar-refractivity contribution < 1.29 is 23.1 Å². The van der Waals surface area contributed by atoms with E-state index >= 15 is 4.39 Å². The summed E-state index contributed by atoms with van der Waals surface area (Å²) in [6, 6.07) is 11.1. The highest BCUT2D eigenvalue weighted by atomic mass is 35.5. The number of nitrogens with zero attached hydrogens (tertiary/aromatic N) is 2. The summed E-state index contributed by atoms with van der Waals surface area (Å²) in [6.07, 6.45) is 4.83. The maximum Gasteiger partial charge on any atom is 0.307 e. The van der Waals surface area contributed by atoms with Crippen LogP contribution >= 0.6 is 23.5 Å². The Balaban J connectivity index is 1.76. The fraction of sp³-hybridized carbons (Fsp3) is 0.300. The minimum Gasteiger partial charge on any atom is -0.444 e. The largest absolute Gasteiger partial charge is 0.444 e. The third-order valence-corrected chi connectivity index (χ3v) is 7.46. The van der Waals surface area contributed by atoms with Gasteiger partial charge in [0.15, 0.2) is 12.5 Å². The van der Waals surface area contributed by atoms with Crippen LogP contribution in [0.5, 0.6) is 0 Å². The van der Waals surface area contributed by atoms with E-state index in [9.17, 15) is 14.0 Å². The van der Waals surface area contributed by atoms with E-state index in [0.29, 0.717) is 39.7 Å². The van der Waals surface area contributed by atoms with Crippen molar-refractivity contribution in [2.75, 3.05) is 10.5 Å². The summed E-state index contributed by atoms with van der Waals surface area (Å²) in [6.45, 7) is 5.80. The maximum atomic E-state index is 15.4. The van der Waals surface area contributed by atoms with Gasteiger partial charge in [-0.15, -0.1) is 0 Å². The molecule has 0 amide bonds. The third-order valence-electron chi connectivity index (χ3n) is 6.23. The molecule has 0 fully saturated rings. The summed E-state index contributed by atoms with van der Waals surface area (Å²) in [5, 5.41) is 0.934. The highest BCUT2D eigenvalue weighted by Crippen LogP contribution is 2.31. The Labute approximate surface area is 241 Å². The molecule has 6 nitrogen and oxygen atoms in total. The Morgan fingerprint density at radius 1 is 1.12 bits per heavy atom. The molecule has 0 radical (unpaired) electrons. The van der Waals surface area contributed by atoms with Crippen LogP contribution in [0, 0.1) is 17.6 Å². The van der Waals surface area contributed by atoms with Crippen molar-refractivity contribution in [2.45, 2.75) is 46.8 Å². The monoisotopic (exact) mass is 585 g/mol. The van der Waals surface area contributed by atoms with E-state index in [0.717, 1.165) is 18.1 Å². The number of hydrogen-bond acceptors (Lipinski definition) is 6. The molecule has 0 bridgehead atoms. The van der Waals surface area contributed by atoms with Crippen LogP contribution in [0.15, 0.2) is 54.9 Å². The second-order valence-corrected chi connectivity index (χ2v) is 11.1. The standard InChI is InChI=1S/C30H30ClF2N3O3S/c1-4-13-40-35-25-11-10-24(32)27(28(25)33)29(38)23-16-36(17-39-26(37)12-5-18(2)3)30-22(23)14-20(15-34-30)19-6-8-21(31)9-7-19/h6-11,14-16,18,35H,4-5,12-13,17H2,1-3H3. The first-order valence-corrected chi connectivity index (χ1v) is 14.4. The molecular formula is C30H30ClF2N3O3S. The predicted octanol–water partition coefficient (Wildman–Crippen LogP) is 8.27. The number of ether oxygens (including phenoxy) is 1. The SMILES string of the molecule is CCCSNc1ccc(F)c(C(=O)c2cn(COC(=O)CCC(C)C)c3ncc(-c4ccc(Cl)cc4)cc23)c1F. The highest BCUT2D eigenvalue weighted by molar-refractivity contribution is 8.00. The molecule has 2 aromatic carbocycles. The summed E-state index contributed by atoms with van der Waals surface area (Å²) in [5.41, 5.74) is 1.19. The van der Waals surface area contributed by atoms with Gasteiger partial charge in [0.1, 0.15) is 11.5 Å². The van der Waals surface area contributed by atoms with E-state index in [2.05, 4.69) is 9.71 Å². The average molecular weight is 586 g/mol. The lowest BCUT2D eigenvalue weighted by molar-refractivity contribution is -0.147. The van der Waals surface area contributed by atoms with Crippen molar-refractivity contribution in [1.82, 2.24) is 9.55 Å². The first kappa shape index (κ1) is 29.6. The van der Waals surface area contributed by atoms with E-state index in [1.165, 1.54) is 28.8 Å². The number of aromatic nitrogens is 2. The predicted molar refractivity (Wildman–Crippen MR) is 157 cm³/mol. The Morgan fingerprint density at radius 3 is 2.58 bits per heavy atom. The van der Waals surface area contributed by atoms with E-state index in [-0.39, 0.29) is 30.4 Å². The quantitative estimate of drug-likeness (QED) is 0.0780. The molecule has 0 aliphatic rings. The molecule has 0 saturated carbocycles. The molecule has 210 valence electrons. The molecule has 0 saturated heterocycles. The second kappa shape index (κ2) is 13.3. The number of esters is 1. The number of anilines is 1. The number of nitrogens with one attached hydrogen (secondary N) is 1. The molecule has 0 unspecified atom stereocenters. The lowest BCUT2D eigenvalue weighted by Crippen LogP contribution is -2.11. The van der Waals surface area contributed by atoms with Crippen molar-refractivity contribution in [3.8, 4) is 11.1 Å². The second-order valence-electron chi connectivity index (χ2n) is 9.76. The van der Waals surface area contributed by atoms with Gasteiger partial charge in [-0.3, -0.25) is 14.2 Å². The smallest absolute Gasteiger partial charge is 0.307 e. The number of halogens is 3. The number of benzene rings is 2. The topological polar surface area (TPSA) is 73.2 Å². The van der Waals surface area contributed by atoms with Gasteiger partial charge in [-0.1, -0.05) is 56.5 Å². The number of pyridine rings is 1. The molecule has 1 N–H and O–H groups in total. The number of carbonyl (C=O) groups excluding carboxylic acids is 2. The first-order chi connectivity index (χ1) is 19.2. The zero-order chi connectivity index (χ0) is 28.8. The molecule has 0 spiro atoms. The van der Waals surface area contributed by atoms with Gasteiger partial charge in [0.2, 0.25) is 5.78 Å². The van der Waals surface area contributed by atoms with Crippen molar-refractivity contribution in [1.29, 1.82) is 0 Å². The van der Waals surface area contributed by atoms with Crippen LogP contribution in [0.2, 0.25) is 5.02 Å². The Hall–Kier alpha value is -3.43. The number of rotatable bonds is 12. The Kier molecular flexibility index (Phi) is 9.81. The molecule has 2 heterocycles. The van der Waals surface area contributed by atoms with Crippen molar-refractivity contribution in [3.63, 3.8) is 0 Å². The molecule has 4 rings (SSSR count). The molecule has 0 aliphatic heterocycles. The first-order valence-electron chi connectivity index (χ1n) is 13.0. The van der Waals surface area contributed by atoms with E-state index in [4.69, 9.17) is 16.3 Å². The third kappa shape index (κ3) is 6.82. The summed E-state index contributed by atoms with van der Waals surface area (Å²) < 4.78 is 40.2. The molecule has 40 heavy (non-hydrogen) atoms. The van der Waals surface area contributed by atoms with Gasteiger partial charge in [-0.2, -0.15) is 0 Å². The summed E-state index contributed by atoms with van der Waals surface area (Å²) >= 11 is 7.30. The number of hydrogen-bond donors (Lipinski definition) is 1. The van der Waals surface area contributed by atoms with Crippen molar-refractivity contribution in [3.05, 3.63) is 82.6 Å². The van der Waals surface area contributed by atoms with Crippen LogP contribution in [-0.2, 0) is 16.3 Å². The molecular weight excluding hydrogens is 556 g/mol. The normalized spacial score (nSPS) is 11.3. The van der Waals surface area contributed by atoms with Crippen LogP contribution in [0.3, 0.4) is 0 Å². The lowest BCUT2D eigenvalue weighted by Gasteiger charge is -2.10. The van der Waals surface area contributed by atoms with Gasteiger partial charge < -0.3 is 9.46 Å². The van der Waals surface area contributed by atoms with Crippen molar-refractivity contribution in [2.24, 2.45) is 5.92 Å². The van der Waals surface area contributed by atoms with Gasteiger partial charge in [0, 0.05) is 40.5 Å². The van der Waals surface area contributed by atoms with Crippen LogP contribution in [0.25, 0.3) is 22.2 Å². The van der Waals surface area contributed by atoms with Gasteiger partial charge in [0.05, 0.1) is 16.8 Å². The highest BCUT2D eigenvalue weighted by Gasteiger charge is 2.26. The zero-order valence-electron chi connectivity index (χ0n) is 22.5. The molecule has 4 aromatic rings.